The van der Waals surface area contributed by atoms with Crippen LogP contribution in [0, 0.1) is 0 Å². The van der Waals surface area contributed by atoms with Crippen molar-refractivity contribution < 1.29 is 27.9 Å². The first-order chi connectivity index (χ1) is 10.6. The van der Waals surface area contributed by atoms with Crippen LogP contribution in [0.3, 0.4) is 0 Å². The summed E-state index contributed by atoms with van der Waals surface area (Å²) in [6.45, 7) is 1.27. The average Bonchev–Trinajstić information content (AvgIpc) is 2.45. The van der Waals surface area contributed by atoms with Crippen molar-refractivity contribution in [1.82, 2.24) is 5.32 Å². The predicted octanol–water partition coefficient (Wildman–Crippen LogP) is 2.83. The number of nitrogens with one attached hydrogen (secondary N) is 1. The lowest BCUT2D eigenvalue weighted by molar-refractivity contribution is -0.141. The molecule has 0 saturated heterocycles. The van der Waals surface area contributed by atoms with E-state index in [4.69, 9.17) is 5.11 Å². The van der Waals surface area contributed by atoms with E-state index in [2.05, 4.69) is 22.5 Å². The first-order valence-electron chi connectivity index (χ1n) is 6.41. The lowest BCUT2D eigenvalue weighted by Gasteiger charge is -2.15. The van der Waals surface area contributed by atoms with E-state index in [9.17, 15) is 22.8 Å². The van der Waals surface area contributed by atoms with Gasteiger partial charge in [-0.15, -0.1) is 0 Å². The van der Waals surface area contributed by atoms with Gasteiger partial charge in [0.2, 0.25) is 5.91 Å². The van der Waals surface area contributed by atoms with Crippen LogP contribution in [0.5, 0.6) is 0 Å². The van der Waals surface area contributed by atoms with Crippen molar-refractivity contribution in [3.05, 3.63) is 35.4 Å². The van der Waals surface area contributed by atoms with Gasteiger partial charge in [0.15, 0.2) is 0 Å². The van der Waals surface area contributed by atoms with Crippen molar-refractivity contribution in [1.29, 1.82) is 0 Å². The molecule has 0 heterocycles. The van der Waals surface area contributed by atoms with Gasteiger partial charge in [0.05, 0.1) is 23.2 Å². The van der Waals surface area contributed by atoms with Gasteiger partial charge in [0.1, 0.15) is 6.04 Å². The summed E-state index contributed by atoms with van der Waals surface area (Å²) in [4.78, 5) is 26.2. The predicted molar refractivity (Wildman–Crippen MR) is 79.1 cm³/mol. The molecule has 1 rings (SSSR count). The number of isothiocyanates is 1. The Morgan fingerprint density at radius 2 is 2.09 bits per heavy atom. The van der Waals surface area contributed by atoms with E-state index in [1.54, 1.807) is 0 Å². The van der Waals surface area contributed by atoms with Gasteiger partial charge in [-0.1, -0.05) is 12.1 Å². The summed E-state index contributed by atoms with van der Waals surface area (Å²) < 4.78 is 38.2. The highest BCUT2D eigenvalue weighted by Gasteiger charge is 2.31. The molecule has 0 fully saturated rings. The van der Waals surface area contributed by atoms with Crippen LogP contribution in [0.15, 0.2) is 29.3 Å². The number of carboxylic acid groups (broad SMARTS) is 1. The Labute approximate surface area is 135 Å². The fraction of sp³-hybridized carbons (Fsp3) is 0.357. The Balaban J connectivity index is 2.97. The van der Waals surface area contributed by atoms with Crippen LogP contribution in [-0.2, 0) is 15.8 Å². The molecule has 1 amide bonds. The molecule has 0 radical (unpaired) electrons. The third kappa shape index (κ3) is 5.80. The molecule has 0 aromatic heterocycles. The largest absolute Gasteiger partial charge is 0.480 e. The van der Waals surface area contributed by atoms with E-state index < -0.39 is 35.7 Å². The molecule has 0 bridgehead atoms. The average molecular weight is 346 g/mol. The van der Waals surface area contributed by atoms with Crippen molar-refractivity contribution >= 4 is 29.3 Å². The third-order valence-corrected chi connectivity index (χ3v) is 3.04. The van der Waals surface area contributed by atoms with Gasteiger partial charge in [-0.05, 0) is 36.8 Å². The van der Waals surface area contributed by atoms with E-state index in [0.29, 0.717) is 0 Å². The molecule has 5 nitrogen and oxygen atoms in total. The molecule has 0 spiro atoms. The number of carbonyl (C=O) groups is 2. The van der Waals surface area contributed by atoms with E-state index in [1.165, 1.54) is 19.1 Å². The van der Waals surface area contributed by atoms with Crippen LogP contribution in [0.2, 0.25) is 0 Å². The summed E-state index contributed by atoms with van der Waals surface area (Å²) in [5.41, 5.74) is -0.741. The number of aliphatic imine (C=N–C) groups is 1. The van der Waals surface area contributed by atoms with Crippen LogP contribution in [-0.4, -0.2) is 28.2 Å². The minimum atomic E-state index is -4.53. The van der Waals surface area contributed by atoms with Crippen LogP contribution in [0.4, 0.5) is 13.2 Å². The van der Waals surface area contributed by atoms with Gasteiger partial charge >= 0.3 is 12.1 Å². The van der Waals surface area contributed by atoms with E-state index in [-0.39, 0.29) is 12.0 Å². The molecule has 9 heteroatoms. The minimum absolute atomic E-state index is 0.135. The van der Waals surface area contributed by atoms with Crippen molar-refractivity contribution in [2.75, 3.05) is 0 Å². The lowest BCUT2D eigenvalue weighted by Crippen LogP contribution is -2.38. The molecule has 23 heavy (non-hydrogen) atoms. The van der Waals surface area contributed by atoms with Gasteiger partial charge in [-0.2, -0.15) is 13.2 Å². The van der Waals surface area contributed by atoms with E-state index in [1.807, 2.05) is 5.16 Å². The smallest absolute Gasteiger partial charge is 0.416 e. The Morgan fingerprint density at radius 3 is 2.61 bits per heavy atom. The maximum Gasteiger partial charge on any atom is 0.416 e. The normalized spacial score (nSPS) is 13.6. The van der Waals surface area contributed by atoms with Gasteiger partial charge < -0.3 is 10.4 Å². The minimum Gasteiger partial charge on any atom is -0.480 e. The molecule has 1 aromatic rings. The standard InChI is InChI=1S/C14H13F3N2O3S/c1-8(13(21)22)19-12(20)6-11(18-7-23)9-3-2-4-10(5-9)14(15,16)17/h2-5,8,11H,6H2,1H3,(H,19,20)(H,21,22). The zero-order valence-electron chi connectivity index (χ0n) is 11.9. The second-order valence-electron chi connectivity index (χ2n) is 4.69. The fourth-order valence-corrected chi connectivity index (χ4v) is 1.89. The number of nitrogens with zero attached hydrogens (tertiary/aromatic N) is 1. The Kier molecular flexibility index (Phi) is 6.41. The SMILES string of the molecule is CC(NC(=O)CC(N=C=S)c1cccc(C(F)(F)F)c1)C(=O)O. The second-order valence-corrected chi connectivity index (χ2v) is 4.87. The first kappa shape index (κ1) is 18.8. The van der Waals surface area contributed by atoms with E-state index >= 15 is 0 Å². The summed E-state index contributed by atoms with van der Waals surface area (Å²) in [6.07, 6.45) is -4.87. The molecule has 2 unspecified atom stereocenters. The lowest BCUT2D eigenvalue weighted by atomic mass is 10.0. The molecule has 124 valence electrons. The number of benzene rings is 1. The van der Waals surface area contributed by atoms with Crippen molar-refractivity contribution in [2.45, 2.75) is 31.6 Å². The molecule has 2 atom stereocenters. The Morgan fingerprint density at radius 1 is 1.43 bits per heavy atom. The Hall–Kier alpha value is -2.25. The molecule has 0 aliphatic rings. The number of thiocarbonyl (C=S) groups is 1. The van der Waals surface area contributed by atoms with E-state index in [0.717, 1.165) is 12.1 Å². The summed E-state index contributed by atoms with van der Waals surface area (Å²) in [6, 6.07) is 2.24. The zero-order chi connectivity index (χ0) is 17.6. The van der Waals surface area contributed by atoms with Crippen molar-refractivity contribution in [2.24, 2.45) is 4.99 Å². The second kappa shape index (κ2) is 7.85. The number of hydrogen-bond acceptors (Lipinski definition) is 4. The number of amides is 1. The maximum atomic E-state index is 12.7. The van der Waals surface area contributed by atoms with Crippen molar-refractivity contribution in [3.8, 4) is 0 Å². The summed E-state index contributed by atoms with van der Waals surface area (Å²) in [7, 11) is 0. The summed E-state index contributed by atoms with van der Waals surface area (Å²) in [5.74, 6) is -1.90. The number of aliphatic carboxylic acids is 1. The zero-order valence-corrected chi connectivity index (χ0v) is 12.7. The number of carboxylic acids is 1. The summed E-state index contributed by atoms with van der Waals surface area (Å²) >= 11 is 4.45. The maximum absolute atomic E-state index is 12.7. The molecular weight excluding hydrogens is 333 g/mol. The number of hydrogen-bond donors (Lipinski definition) is 2. The quantitative estimate of drug-likeness (QED) is 0.613. The number of carbonyl (C=O) groups excluding carboxylic acids is 1. The fourth-order valence-electron chi connectivity index (χ4n) is 1.76. The molecular formula is C14H13F3N2O3S. The highest BCUT2D eigenvalue weighted by atomic mass is 32.1. The molecule has 0 aliphatic heterocycles. The topological polar surface area (TPSA) is 78.8 Å². The number of halogens is 3. The van der Waals surface area contributed by atoms with Crippen LogP contribution in [0.1, 0.15) is 30.5 Å². The number of alkyl halides is 3. The van der Waals surface area contributed by atoms with Crippen molar-refractivity contribution in [3.63, 3.8) is 0 Å². The molecule has 2 N–H and O–H groups in total. The van der Waals surface area contributed by atoms with Gasteiger partial charge in [0, 0.05) is 0 Å². The highest BCUT2D eigenvalue weighted by Crippen LogP contribution is 2.32. The highest BCUT2D eigenvalue weighted by molar-refractivity contribution is 7.78. The van der Waals surface area contributed by atoms with Crippen LogP contribution >= 0.6 is 12.2 Å². The van der Waals surface area contributed by atoms with Gasteiger partial charge in [-0.3, -0.25) is 9.59 Å². The van der Waals surface area contributed by atoms with Crippen LogP contribution in [0.25, 0.3) is 0 Å². The summed E-state index contributed by atoms with van der Waals surface area (Å²) in [5, 5.41) is 13.0. The van der Waals surface area contributed by atoms with Crippen LogP contribution < -0.4 is 5.32 Å². The Bertz CT molecular complexity index is 642. The molecule has 0 aliphatic carbocycles. The molecule has 1 aromatic carbocycles. The number of rotatable bonds is 6. The third-order valence-electron chi connectivity index (χ3n) is 2.93. The van der Waals surface area contributed by atoms with Gasteiger partial charge in [0.25, 0.3) is 0 Å². The van der Waals surface area contributed by atoms with Gasteiger partial charge in [-0.25, -0.2) is 4.99 Å². The first-order valence-corrected chi connectivity index (χ1v) is 6.82. The molecule has 0 saturated carbocycles. The monoisotopic (exact) mass is 346 g/mol.